The van der Waals surface area contributed by atoms with Crippen molar-refractivity contribution in [1.82, 2.24) is 0 Å². The summed E-state index contributed by atoms with van der Waals surface area (Å²) in [7, 11) is 0. The fourth-order valence-electron chi connectivity index (χ4n) is 1.20. The largest absolute Gasteiger partial charge is 0.433 e. The molecule has 60 valence electrons. The summed E-state index contributed by atoms with van der Waals surface area (Å²) in [6, 6.07) is 5.95. The van der Waals surface area contributed by atoms with Crippen molar-refractivity contribution in [1.29, 1.82) is 0 Å². The highest BCUT2D eigenvalue weighted by Crippen LogP contribution is 2.22. The Balaban J connectivity index is 2.68. The van der Waals surface area contributed by atoms with Crippen molar-refractivity contribution in [3.05, 3.63) is 34.9 Å². The van der Waals surface area contributed by atoms with Gasteiger partial charge in [0.1, 0.15) is 0 Å². The number of thiocarbonyl (C=S) groups is 2. The maximum atomic E-state index is 5.15. The molecule has 3 heteroatoms. The maximum Gasteiger partial charge on any atom is 0.200 e. The van der Waals surface area contributed by atoms with Gasteiger partial charge < -0.3 is 4.74 Å². The molecule has 0 unspecified atom stereocenters. The summed E-state index contributed by atoms with van der Waals surface area (Å²) in [5, 5.41) is 0.994. The fraction of sp³-hybridized carbons (Fsp3) is 0.111. The fourth-order valence-corrected chi connectivity index (χ4v) is 1.77. The molecule has 1 aromatic rings. The lowest BCUT2D eigenvalue weighted by atomic mass is 10.1. The Morgan fingerprint density at radius 2 is 1.75 bits per heavy atom. The van der Waals surface area contributed by atoms with E-state index in [0.29, 0.717) is 10.1 Å². The molecule has 0 amide bonds. The number of hydrogen-bond acceptors (Lipinski definition) is 3. The van der Waals surface area contributed by atoms with Crippen LogP contribution in [0.3, 0.4) is 0 Å². The van der Waals surface area contributed by atoms with E-state index in [4.69, 9.17) is 29.2 Å². The molecule has 0 aliphatic carbocycles. The second-order valence-corrected chi connectivity index (χ2v) is 3.47. The van der Waals surface area contributed by atoms with Crippen molar-refractivity contribution in [2.45, 2.75) is 6.92 Å². The van der Waals surface area contributed by atoms with Crippen LogP contribution < -0.4 is 0 Å². The van der Waals surface area contributed by atoms with Crippen molar-refractivity contribution in [2.75, 3.05) is 0 Å². The quantitative estimate of drug-likeness (QED) is 0.587. The van der Waals surface area contributed by atoms with E-state index in [2.05, 4.69) is 0 Å². The minimum atomic E-state index is 0.495. The molecule has 1 nitrogen and oxygen atoms in total. The van der Waals surface area contributed by atoms with Gasteiger partial charge in [-0.3, -0.25) is 0 Å². The first-order valence-corrected chi connectivity index (χ1v) is 4.37. The average Bonchev–Trinajstić information content (AvgIpc) is 2.28. The molecule has 0 saturated carbocycles. The highest BCUT2D eigenvalue weighted by Gasteiger charge is 2.22. The van der Waals surface area contributed by atoms with Crippen LogP contribution in [0.4, 0.5) is 0 Å². The van der Waals surface area contributed by atoms with Crippen LogP contribution >= 0.6 is 24.4 Å². The monoisotopic (exact) mass is 194 g/mol. The molecule has 1 aliphatic heterocycles. The number of hydrogen-bond donors (Lipinski definition) is 0. The van der Waals surface area contributed by atoms with Crippen molar-refractivity contribution in [3.63, 3.8) is 0 Å². The topological polar surface area (TPSA) is 9.23 Å². The molecule has 0 atom stereocenters. The van der Waals surface area contributed by atoms with Gasteiger partial charge in [0.25, 0.3) is 0 Å². The SMILES string of the molecule is Cc1ccc2c(c1)C(=S)OC2=S. The predicted molar refractivity (Wildman–Crippen MR) is 55.7 cm³/mol. The van der Waals surface area contributed by atoms with Crippen LogP contribution in [-0.2, 0) is 4.74 Å². The molecule has 0 bridgehead atoms. The first kappa shape index (κ1) is 7.83. The Labute approximate surface area is 81.4 Å². The van der Waals surface area contributed by atoms with Crippen LogP contribution in [0.25, 0.3) is 0 Å². The van der Waals surface area contributed by atoms with Crippen LogP contribution in [-0.4, -0.2) is 10.1 Å². The molecule has 12 heavy (non-hydrogen) atoms. The third-order valence-electron chi connectivity index (χ3n) is 1.80. The smallest absolute Gasteiger partial charge is 0.200 e. The lowest BCUT2D eigenvalue weighted by molar-refractivity contribution is 0.592. The number of benzene rings is 1. The normalized spacial score (nSPS) is 14.4. The van der Waals surface area contributed by atoms with E-state index in [-0.39, 0.29) is 0 Å². The molecule has 1 aliphatic rings. The second-order valence-electron chi connectivity index (χ2n) is 2.73. The van der Waals surface area contributed by atoms with Gasteiger partial charge >= 0.3 is 0 Å². The van der Waals surface area contributed by atoms with Crippen LogP contribution in [0, 0.1) is 6.92 Å². The molecule has 1 heterocycles. The van der Waals surface area contributed by atoms with E-state index in [1.54, 1.807) is 0 Å². The molecular weight excluding hydrogens is 188 g/mol. The summed E-state index contributed by atoms with van der Waals surface area (Å²) in [4.78, 5) is 0. The van der Waals surface area contributed by atoms with E-state index >= 15 is 0 Å². The Kier molecular flexibility index (Phi) is 1.70. The zero-order valence-electron chi connectivity index (χ0n) is 6.46. The van der Waals surface area contributed by atoms with Crippen molar-refractivity contribution < 1.29 is 4.74 Å². The Bertz CT molecular complexity index is 382. The summed E-state index contributed by atoms with van der Waals surface area (Å²) in [5.41, 5.74) is 3.07. The molecule has 0 saturated heterocycles. The number of fused-ring (bicyclic) bond motifs is 1. The summed E-state index contributed by atoms with van der Waals surface area (Å²) in [5.74, 6) is 0. The molecule has 0 fully saturated rings. The van der Waals surface area contributed by atoms with Gasteiger partial charge in [-0.15, -0.1) is 0 Å². The summed E-state index contributed by atoms with van der Waals surface area (Å²) in [6.45, 7) is 2.02. The van der Waals surface area contributed by atoms with Crippen molar-refractivity contribution >= 4 is 34.5 Å². The number of rotatable bonds is 0. The Morgan fingerprint density at radius 3 is 2.50 bits per heavy atom. The van der Waals surface area contributed by atoms with Crippen molar-refractivity contribution in [2.24, 2.45) is 0 Å². The van der Waals surface area contributed by atoms with Crippen LogP contribution in [0.15, 0.2) is 18.2 Å². The van der Waals surface area contributed by atoms with Gasteiger partial charge in [0.2, 0.25) is 0 Å². The van der Waals surface area contributed by atoms with Gasteiger partial charge in [-0.1, -0.05) is 11.6 Å². The van der Waals surface area contributed by atoms with Gasteiger partial charge in [0.15, 0.2) is 10.1 Å². The highest BCUT2D eigenvalue weighted by atomic mass is 32.1. The van der Waals surface area contributed by atoms with E-state index in [1.807, 2.05) is 25.1 Å². The summed E-state index contributed by atoms with van der Waals surface area (Å²) < 4.78 is 5.15. The molecule has 0 N–H and O–H groups in total. The summed E-state index contributed by atoms with van der Waals surface area (Å²) in [6.07, 6.45) is 0. The molecule has 2 rings (SSSR count). The maximum absolute atomic E-state index is 5.15. The molecule has 0 aromatic heterocycles. The predicted octanol–water partition coefficient (Wildman–Crippen LogP) is 2.38. The minimum Gasteiger partial charge on any atom is -0.433 e. The highest BCUT2D eigenvalue weighted by molar-refractivity contribution is 7.82. The molecule has 0 radical (unpaired) electrons. The minimum absolute atomic E-state index is 0.495. The van der Waals surface area contributed by atoms with Gasteiger partial charge in [-0.2, -0.15) is 0 Å². The second kappa shape index (κ2) is 2.61. The lowest BCUT2D eigenvalue weighted by Gasteiger charge is -1.95. The Hall–Kier alpha value is -0.800. The number of aryl methyl sites for hydroxylation is 1. The van der Waals surface area contributed by atoms with Gasteiger partial charge in [0, 0.05) is 11.1 Å². The first-order valence-electron chi connectivity index (χ1n) is 3.55. The van der Waals surface area contributed by atoms with Crippen LogP contribution in [0.2, 0.25) is 0 Å². The lowest BCUT2D eigenvalue weighted by Crippen LogP contribution is -1.94. The summed E-state index contributed by atoms with van der Waals surface area (Å²) >= 11 is 9.99. The average molecular weight is 194 g/mol. The first-order chi connectivity index (χ1) is 5.68. The van der Waals surface area contributed by atoms with E-state index in [9.17, 15) is 0 Å². The molecule has 1 aromatic carbocycles. The third-order valence-corrected chi connectivity index (χ3v) is 2.41. The van der Waals surface area contributed by atoms with Crippen LogP contribution in [0.5, 0.6) is 0 Å². The zero-order chi connectivity index (χ0) is 8.72. The van der Waals surface area contributed by atoms with E-state index < -0.39 is 0 Å². The number of ether oxygens (including phenoxy) is 1. The van der Waals surface area contributed by atoms with Gasteiger partial charge in [-0.25, -0.2) is 0 Å². The van der Waals surface area contributed by atoms with Gasteiger partial charge in [-0.05, 0) is 43.5 Å². The third kappa shape index (κ3) is 1.06. The van der Waals surface area contributed by atoms with Crippen molar-refractivity contribution in [3.8, 4) is 0 Å². The standard InChI is InChI=1S/C9H6OS2/c1-5-2-3-6-7(4-5)9(12)10-8(6)11/h2-4H,1H3. The molecular formula is C9H6OS2. The Morgan fingerprint density at radius 1 is 1.08 bits per heavy atom. The van der Waals surface area contributed by atoms with Crippen LogP contribution in [0.1, 0.15) is 16.7 Å². The zero-order valence-corrected chi connectivity index (χ0v) is 8.09. The van der Waals surface area contributed by atoms with Gasteiger partial charge in [0.05, 0.1) is 0 Å². The van der Waals surface area contributed by atoms with E-state index in [1.165, 1.54) is 5.56 Å². The molecule has 0 spiro atoms. The van der Waals surface area contributed by atoms with E-state index in [0.717, 1.165) is 11.1 Å².